The number of rotatable bonds is 10. The van der Waals surface area contributed by atoms with E-state index in [4.69, 9.17) is 10.1 Å². The number of halogens is 1. The second-order valence-electron chi connectivity index (χ2n) is 11.1. The van der Waals surface area contributed by atoms with Crippen LogP contribution in [-0.4, -0.2) is 65.4 Å². The summed E-state index contributed by atoms with van der Waals surface area (Å²) in [5, 5.41) is 21.2. The summed E-state index contributed by atoms with van der Waals surface area (Å²) < 4.78 is 20.2. The van der Waals surface area contributed by atoms with Crippen LogP contribution < -0.4 is 10.1 Å². The van der Waals surface area contributed by atoms with Crippen LogP contribution in [0.1, 0.15) is 76.2 Å². The van der Waals surface area contributed by atoms with Gasteiger partial charge in [-0.15, -0.1) is 0 Å². The van der Waals surface area contributed by atoms with Gasteiger partial charge < -0.3 is 20.1 Å². The van der Waals surface area contributed by atoms with Crippen molar-refractivity contribution in [2.24, 2.45) is 5.92 Å². The van der Waals surface area contributed by atoms with Crippen molar-refractivity contribution >= 4 is 17.4 Å². The summed E-state index contributed by atoms with van der Waals surface area (Å²) in [6, 6.07) is 8.13. The highest BCUT2D eigenvalue weighted by Gasteiger charge is 2.33. The molecule has 1 aromatic carbocycles. The summed E-state index contributed by atoms with van der Waals surface area (Å²) in [7, 11) is 0. The average Bonchev–Trinajstić information content (AvgIpc) is 3.27. The molecular formula is C30H42FN3O4. The Balaban J connectivity index is 1.20. The number of hydrogen-bond acceptors (Lipinski definition) is 6. The number of benzene rings is 1. The van der Waals surface area contributed by atoms with E-state index in [1.807, 2.05) is 18.2 Å². The summed E-state index contributed by atoms with van der Waals surface area (Å²) in [6.45, 7) is 2.34. The number of ether oxygens (including phenoxy) is 1. The number of aryl methyl sites for hydroxylation is 1. The minimum atomic E-state index is -1.48. The Morgan fingerprint density at radius 2 is 1.95 bits per heavy atom. The summed E-state index contributed by atoms with van der Waals surface area (Å²) in [5.74, 6) is 1.14. The molecule has 1 aliphatic heterocycles. The molecule has 1 aromatic rings. The van der Waals surface area contributed by atoms with Gasteiger partial charge in [0.1, 0.15) is 17.6 Å². The maximum atomic E-state index is 13.9. The molecule has 1 saturated heterocycles. The van der Waals surface area contributed by atoms with Crippen LogP contribution in [0.2, 0.25) is 0 Å². The number of allylic oxidation sites excluding steroid dienone is 1. The van der Waals surface area contributed by atoms with E-state index in [1.54, 1.807) is 0 Å². The number of piperidine rings is 1. The van der Waals surface area contributed by atoms with Crippen molar-refractivity contribution in [1.82, 2.24) is 10.2 Å². The molecule has 208 valence electrons. The lowest BCUT2D eigenvalue weighted by atomic mass is 9.94. The molecule has 2 aliphatic carbocycles. The van der Waals surface area contributed by atoms with Crippen LogP contribution in [-0.2, 0) is 9.59 Å². The highest BCUT2D eigenvalue weighted by Crippen LogP contribution is 2.30. The zero-order valence-electron chi connectivity index (χ0n) is 22.5. The molecule has 38 heavy (non-hydrogen) atoms. The third kappa shape index (κ3) is 7.43. The Labute approximate surface area is 225 Å². The molecule has 1 heterocycles. The van der Waals surface area contributed by atoms with Crippen molar-refractivity contribution in [3.8, 4) is 5.75 Å². The van der Waals surface area contributed by atoms with Gasteiger partial charge in [-0.2, -0.15) is 0 Å². The largest absolute Gasteiger partial charge is 0.490 e. The Kier molecular flexibility index (Phi) is 9.94. The lowest BCUT2D eigenvalue weighted by Gasteiger charge is -2.32. The van der Waals surface area contributed by atoms with Crippen molar-refractivity contribution in [1.29, 1.82) is 5.41 Å². The van der Waals surface area contributed by atoms with Gasteiger partial charge in [0.15, 0.2) is 5.78 Å². The fraction of sp³-hybridized carbons (Fsp3) is 0.633. The Morgan fingerprint density at radius 3 is 2.74 bits per heavy atom. The number of Topliss-reactive ketones (excluding diaryl/α,β-unsaturated/α-hetero) is 1. The lowest BCUT2D eigenvalue weighted by molar-refractivity contribution is -0.128. The predicted octanol–water partition coefficient (Wildman–Crippen LogP) is 4.65. The molecule has 4 rings (SSSR count). The number of nitrogens with zero attached hydrogens (tertiary/aromatic N) is 1. The first-order valence-electron chi connectivity index (χ1n) is 14.2. The third-order valence-electron chi connectivity index (χ3n) is 8.28. The van der Waals surface area contributed by atoms with Crippen molar-refractivity contribution in [3.63, 3.8) is 0 Å². The first-order valence-corrected chi connectivity index (χ1v) is 14.2. The second-order valence-corrected chi connectivity index (χ2v) is 11.1. The zero-order chi connectivity index (χ0) is 27.1. The number of aliphatic hydroxyl groups is 1. The molecule has 0 spiro atoms. The topological polar surface area (TPSA) is 103 Å². The smallest absolute Gasteiger partial charge is 0.272 e. The number of amides is 1. The number of alkyl halides is 1. The van der Waals surface area contributed by atoms with Crippen LogP contribution in [0.5, 0.6) is 5.75 Å². The van der Waals surface area contributed by atoms with Gasteiger partial charge in [0.2, 0.25) is 0 Å². The van der Waals surface area contributed by atoms with E-state index in [-0.39, 0.29) is 43.7 Å². The average molecular weight is 528 g/mol. The van der Waals surface area contributed by atoms with E-state index in [2.05, 4.69) is 18.3 Å². The third-order valence-corrected chi connectivity index (χ3v) is 8.28. The number of carbonyl (C=O) groups excluding carboxylic acids is 2. The van der Waals surface area contributed by atoms with E-state index >= 15 is 0 Å². The van der Waals surface area contributed by atoms with E-state index < -0.39 is 18.2 Å². The molecule has 1 amide bonds. The van der Waals surface area contributed by atoms with Gasteiger partial charge in [0.25, 0.3) is 5.91 Å². The van der Waals surface area contributed by atoms with Crippen molar-refractivity contribution < 1.29 is 23.8 Å². The molecule has 3 aliphatic rings. The van der Waals surface area contributed by atoms with Gasteiger partial charge in [-0.1, -0.05) is 24.6 Å². The number of nitrogens with one attached hydrogen (secondary N) is 2. The molecule has 0 aromatic heterocycles. The summed E-state index contributed by atoms with van der Waals surface area (Å²) >= 11 is 0. The van der Waals surface area contributed by atoms with Crippen molar-refractivity contribution in [2.75, 3.05) is 19.6 Å². The fourth-order valence-corrected chi connectivity index (χ4v) is 5.86. The molecule has 8 heteroatoms. The maximum Gasteiger partial charge on any atom is 0.272 e. The molecule has 7 nitrogen and oxygen atoms in total. The molecule has 2 unspecified atom stereocenters. The van der Waals surface area contributed by atoms with E-state index in [0.29, 0.717) is 30.8 Å². The first-order chi connectivity index (χ1) is 18.3. The first kappa shape index (κ1) is 28.3. The summed E-state index contributed by atoms with van der Waals surface area (Å²) in [4.78, 5) is 26.8. The zero-order valence-corrected chi connectivity index (χ0v) is 22.5. The molecule has 4 atom stereocenters. The molecule has 0 radical (unpaired) electrons. The van der Waals surface area contributed by atoms with Gasteiger partial charge in [0, 0.05) is 24.2 Å². The SMILES string of the molecule is Cc1ccccc1OC1CCCC(CCC(=O)CNC2=C(C(=N)C(=O)N3CC[C@@H](O)[C@@H](F)C3)CCC2)CC1. The minimum Gasteiger partial charge on any atom is -0.490 e. The highest BCUT2D eigenvalue weighted by atomic mass is 19.1. The molecule has 1 saturated carbocycles. The van der Waals surface area contributed by atoms with Gasteiger partial charge in [0.05, 0.1) is 25.3 Å². The quantitative estimate of drug-likeness (QED) is 0.304. The van der Waals surface area contributed by atoms with Crippen molar-refractivity contribution in [3.05, 3.63) is 41.1 Å². The van der Waals surface area contributed by atoms with Crippen LogP contribution in [0.25, 0.3) is 0 Å². The molecule has 2 fully saturated rings. The number of hydrogen-bond donors (Lipinski definition) is 3. The van der Waals surface area contributed by atoms with E-state index in [1.165, 1.54) is 4.90 Å². The van der Waals surface area contributed by atoms with Gasteiger partial charge in [-0.3, -0.25) is 15.0 Å². The van der Waals surface area contributed by atoms with Gasteiger partial charge in [-0.05, 0) is 82.3 Å². The van der Waals surface area contributed by atoms with Gasteiger partial charge >= 0.3 is 0 Å². The Hall–Kier alpha value is -2.74. The maximum absolute atomic E-state index is 13.9. The molecule has 0 bridgehead atoms. The standard InChI is InChI=1S/C30H42FN3O4/c1-20-6-2-3-11-28(20)38-23-8-4-7-21(13-15-23)12-14-22(35)18-33-26-10-5-9-24(26)29(32)30(37)34-17-16-27(36)25(31)19-34/h2-3,6,11,21,23,25,27,32-33,36H,4-5,7-10,12-19H2,1H3/t21?,23?,25-,27+/m0/s1. The predicted molar refractivity (Wildman–Crippen MR) is 145 cm³/mol. The molecule has 3 N–H and O–H groups in total. The normalized spacial score (nSPS) is 26.1. The van der Waals surface area contributed by atoms with Gasteiger partial charge in [-0.25, -0.2) is 4.39 Å². The van der Waals surface area contributed by atoms with Crippen molar-refractivity contribution in [2.45, 2.75) is 95.9 Å². The lowest BCUT2D eigenvalue weighted by Crippen LogP contribution is -2.49. The summed E-state index contributed by atoms with van der Waals surface area (Å²) in [6.07, 6.45) is 6.77. The van der Waals surface area contributed by atoms with E-state index in [9.17, 15) is 19.1 Å². The van der Waals surface area contributed by atoms with Crippen LogP contribution in [0.4, 0.5) is 4.39 Å². The van der Waals surface area contributed by atoms with Crippen LogP contribution in [0.3, 0.4) is 0 Å². The molecular weight excluding hydrogens is 485 g/mol. The van der Waals surface area contributed by atoms with Crippen LogP contribution >= 0.6 is 0 Å². The number of aliphatic hydroxyl groups excluding tert-OH is 1. The number of para-hydroxylation sites is 1. The Morgan fingerprint density at radius 1 is 1.13 bits per heavy atom. The monoisotopic (exact) mass is 527 g/mol. The summed E-state index contributed by atoms with van der Waals surface area (Å²) in [5.41, 5.74) is 2.46. The number of ketones is 1. The van der Waals surface area contributed by atoms with Crippen LogP contribution in [0.15, 0.2) is 35.5 Å². The Bertz CT molecular complexity index is 1040. The fourth-order valence-electron chi connectivity index (χ4n) is 5.86. The number of likely N-dealkylation sites (tertiary alicyclic amines) is 1. The second kappa shape index (κ2) is 13.4. The minimum absolute atomic E-state index is 0.123. The number of carbonyl (C=O) groups is 2. The van der Waals surface area contributed by atoms with Crippen LogP contribution in [0, 0.1) is 18.3 Å². The van der Waals surface area contributed by atoms with E-state index in [0.717, 1.165) is 62.0 Å². The highest BCUT2D eigenvalue weighted by molar-refractivity contribution is 6.44.